The standard InChI is InChI=1S/C18H14ClN3O2S2/c19-14-9-5-4-8-13(14)17(24)22-21-16(23)11-26-18-20-15(10-25-18)12-6-2-1-3-7-12/h1-10H,11H2,(H,21,23)(H,22,24). The summed E-state index contributed by atoms with van der Waals surface area (Å²) in [5.74, 6) is -0.647. The zero-order valence-corrected chi connectivity index (χ0v) is 15.8. The van der Waals surface area contributed by atoms with Gasteiger partial charge < -0.3 is 0 Å². The van der Waals surface area contributed by atoms with Gasteiger partial charge in [-0.1, -0.05) is 65.8 Å². The number of thioether (sulfide) groups is 1. The highest BCUT2D eigenvalue weighted by Gasteiger charge is 2.11. The fourth-order valence-electron chi connectivity index (χ4n) is 2.07. The number of hydrogen-bond acceptors (Lipinski definition) is 5. The number of carbonyl (C=O) groups is 2. The van der Waals surface area contributed by atoms with Crippen LogP contribution in [0.5, 0.6) is 0 Å². The molecule has 0 spiro atoms. The first-order valence-corrected chi connectivity index (χ1v) is 9.85. The van der Waals surface area contributed by atoms with E-state index in [1.165, 1.54) is 23.1 Å². The van der Waals surface area contributed by atoms with E-state index in [-0.39, 0.29) is 11.7 Å². The van der Waals surface area contributed by atoms with Crippen LogP contribution < -0.4 is 10.9 Å². The summed E-state index contributed by atoms with van der Waals surface area (Å²) >= 11 is 8.73. The van der Waals surface area contributed by atoms with E-state index in [1.54, 1.807) is 24.3 Å². The van der Waals surface area contributed by atoms with Crippen molar-refractivity contribution < 1.29 is 9.59 Å². The molecule has 3 aromatic rings. The predicted molar refractivity (Wildman–Crippen MR) is 105 cm³/mol. The van der Waals surface area contributed by atoms with E-state index in [0.717, 1.165) is 15.6 Å². The highest BCUT2D eigenvalue weighted by molar-refractivity contribution is 8.01. The SMILES string of the molecule is O=C(CSc1nc(-c2ccccc2)cs1)NNC(=O)c1ccccc1Cl. The average Bonchev–Trinajstić information content (AvgIpc) is 3.14. The molecular formula is C18H14ClN3O2S2. The van der Waals surface area contributed by atoms with Crippen molar-refractivity contribution in [3.8, 4) is 11.3 Å². The number of halogens is 1. The molecule has 8 heteroatoms. The summed E-state index contributed by atoms with van der Waals surface area (Å²) in [6.45, 7) is 0. The lowest BCUT2D eigenvalue weighted by molar-refractivity contribution is -0.119. The molecule has 1 heterocycles. The van der Waals surface area contributed by atoms with E-state index >= 15 is 0 Å². The van der Waals surface area contributed by atoms with Gasteiger partial charge in [0.2, 0.25) is 5.91 Å². The second-order valence-corrected chi connectivity index (χ2v) is 7.62. The molecule has 0 aliphatic rings. The van der Waals surface area contributed by atoms with Gasteiger partial charge in [0.15, 0.2) is 4.34 Å². The molecule has 26 heavy (non-hydrogen) atoms. The van der Waals surface area contributed by atoms with Crippen LogP contribution >= 0.6 is 34.7 Å². The number of thiazole rings is 1. The van der Waals surface area contributed by atoms with Gasteiger partial charge in [0, 0.05) is 10.9 Å². The fourth-order valence-corrected chi connectivity index (χ4v) is 3.92. The number of amides is 2. The maximum absolute atomic E-state index is 12.0. The molecule has 0 bridgehead atoms. The summed E-state index contributed by atoms with van der Waals surface area (Å²) in [5, 5.41) is 2.28. The molecule has 2 aromatic carbocycles. The smallest absolute Gasteiger partial charge is 0.271 e. The van der Waals surface area contributed by atoms with E-state index in [9.17, 15) is 9.59 Å². The van der Waals surface area contributed by atoms with Crippen LogP contribution in [-0.2, 0) is 4.79 Å². The Kier molecular flexibility index (Phi) is 6.27. The third kappa shape index (κ3) is 4.85. The van der Waals surface area contributed by atoms with Crippen molar-refractivity contribution >= 4 is 46.5 Å². The van der Waals surface area contributed by atoms with Crippen LogP contribution in [0.25, 0.3) is 11.3 Å². The van der Waals surface area contributed by atoms with Gasteiger partial charge in [-0.3, -0.25) is 20.4 Å². The number of hydrazine groups is 1. The minimum Gasteiger partial charge on any atom is -0.272 e. The highest BCUT2D eigenvalue weighted by Crippen LogP contribution is 2.27. The number of aromatic nitrogens is 1. The molecule has 0 atom stereocenters. The molecule has 0 unspecified atom stereocenters. The Labute approximate surface area is 163 Å². The molecule has 0 aliphatic heterocycles. The Hall–Kier alpha value is -2.35. The minimum atomic E-state index is -0.463. The maximum Gasteiger partial charge on any atom is 0.271 e. The number of carbonyl (C=O) groups excluding carboxylic acids is 2. The van der Waals surface area contributed by atoms with Crippen LogP contribution in [0.1, 0.15) is 10.4 Å². The Morgan fingerprint density at radius 1 is 1.04 bits per heavy atom. The largest absolute Gasteiger partial charge is 0.272 e. The van der Waals surface area contributed by atoms with E-state index in [1.807, 2.05) is 35.7 Å². The molecular weight excluding hydrogens is 390 g/mol. The van der Waals surface area contributed by atoms with E-state index < -0.39 is 5.91 Å². The number of rotatable bonds is 5. The second kappa shape index (κ2) is 8.84. The molecule has 0 saturated carbocycles. The molecule has 5 nitrogen and oxygen atoms in total. The third-order valence-corrected chi connectivity index (χ3v) is 5.66. The van der Waals surface area contributed by atoms with Crippen LogP contribution in [-0.4, -0.2) is 22.6 Å². The van der Waals surface area contributed by atoms with Crippen LogP contribution in [0, 0.1) is 0 Å². The quantitative estimate of drug-likeness (QED) is 0.498. The summed E-state index contributed by atoms with van der Waals surface area (Å²) in [7, 11) is 0. The normalized spacial score (nSPS) is 10.3. The Bertz CT molecular complexity index is 916. The van der Waals surface area contributed by atoms with Crippen molar-refractivity contribution in [2.75, 3.05) is 5.75 Å². The van der Waals surface area contributed by atoms with Crippen LogP contribution in [0.4, 0.5) is 0 Å². The summed E-state index contributed by atoms with van der Waals surface area (Å²) in [5.41, 5.74) is 6.94. The Morgan fingerprint density at radius 3 is 2.54 bits per heavy atom. The van der Waals surface area contributed by atoms with Crippen LogP contribution in [0.3, 0.4) is 0 Å². The number of hydrogen-bond donors (Lipinski definition) is 2. The lowest BCUT2D eigenvalue weighted by Crippen LogP contribution is -2.42. The number of nitrogens with zero attached hydrogens (tertiary/aromatic N) is 1. The van der Waals surface area contributed by atoms with Crippen molar-refractivity contribution in [2.45, 2.75) is 4.34 Å². The van der Waals surface area contributed by atoms with Gasteiger partial charge in [-0.2, -0.15) is 0 Å². The molecule has 2 N–H and O–H groups in total. The lowest BCUT2D eigenvalue weighted by Gasteiger charge is -2.07. The number of benzene rings is 2. The van der Waals surface area contributed by atoms with Gasteiger partial charge in [-0.15, -0.1) is 11.3 Å². The fraction of sp³-hybridized carbons (Fsp3) is 0.0556. The summed E-state index contributed by atoms with van der Waals surface area (Å²) in [6, 6.07) is 16.5. The summed E-state index contributed by atoms with van der Waals surface area (Å²) < 4.78 is 0.788. The molecule has 2 amide bonds. The van der Waals surface area contributed by atoms with E-state index in [4.69, 9.17) is 11.6 Å². The molecule has 0 aliphatic carbocycles. The first-order valence-electron chi connectivity index (χ1n) is 7.61. The van der Waals surface area contributed by atoms with Gasteiger partial charge >= 0.3 is 0 Å². The first kappa shape index (κ1) is 18.4. The third-order valence-electron chi connectivity index (χ3n) is 3.31. The minimum absolute atomic E-state index is 0.143. The Balaban J connectivity index is 1.48. The predicted octanol–water partition coefficient (Wildman–Crippen LogP) is 4.02. The average molecular weight is 404 g/mol. The van der Waals surface area contributed by atoms with Crippen molar-refractivity contribution in [3.63, 3.8) is 0 Å². The second-order valence-electron chi connectivity index (χ2n) is 5.14. The topological polar surface area (TPSA) is 71.1 Å². The van der Waals surface area contributed by atoms with Gasteiger partial charge in [0.25, 0.3) is 5.91 Å². The van der Waals surface area contributed by atoms with Crippen LogP contribution in [0.2, 0.25) is 5.02 Å². The monoisotopic (exact) mass is 403 g/mol. The molecule has 3 rings (SSSR count). The van der Waals surface area contributed by atoms with Gasteiger partial charge in [-0.25, -0.2) is 4.98 Å². The van der Waals surface area contributed by atoms with E-state index in [2.05, 4.69) is 15.8 Å². The molecule has 132 valence electrons. The van der Waals surface area contributed by atoms with Crippen LogP contribution in [0.15, 0.2) is 64.3 Å². The maximum atomic E-state index is 12.0. The van der Waals surface area contributed by atoms with Crippen molar-refractivity contribution in [1.29, 1.82) is 0 Å². The van der Waals surface area contributed by atoms with E-state index in [0.29, 0.717) is 10.6 Å². The van der Waals surface area contributed by atoms with Crippen molar-refractivity contribution in [1.82, 2.24) is 15.8 Å². The highest BCUT2D eigenvalue weighted by atomic mass is 35.5. The first-order chi connectivity index (χ1) is 12.6. The molecule has 1 aromatic heterocycles. The van der Waals surface area contributed by atoms with Gasteiger partial charge in [0.05, 0.1) is 22.0 Å². The zero-order chi connectivity index (χ0) is 18.4. The summed E-state index contributed by atoms with van der Waals surface area (Å²) in [6.07, 6.45) is 0. The molecule has 0 saturated heterocycles. The lowest BCUT2D eigenvalue weighted by atomic mass is 10.2. The molecule has 0 fully saturated rings. The zero-order valence-electron chi connectivity index (χ0n) is 13.4. The number of nitrogens with one attached hydrogen (secondary N) is 2. The van der Waals surface area contributed by atoms with Gasteiger partial charge in [0.1, 0.15) is 0 Å². The summed E-state index contributed by atoms with van der Waals surface area (Å²) in [4.78, 5) is 28.4. The van der Waals surface area contributed by atoms with Crippen molar-refractivity contribution in [2.24, 2.45) is 0 Å². The van der Waals surface area contributed by atoms with Crippen molar-refractivity contribution in [3.05, 3.63) is 70.6 Å². The molecule has 0 radical (unpaired) electrons. The van der Waals surface area contributed by atoms with Gasteiger partial charge in [-0.05, 0) is 12.1 Å². The Morgan fingerprint density at radius 2 is 1.77 bits per heavy atom.